The number of hydrogen-bond acceptors (Lipinski definition) is 4. The third-order valence-corrected chi connectivity index (χ3v) is 4.07. The zero-order valence-corrected chi connectivity index (χ0v) is 12.2. The smallest absolute Gasteiger partial charge is 0.125 e. The van der Waals surface area contributed by atoms with Crippen LogP contribution in [0, 0.1) is 5.92 Å². The second kappa shape index (κ2) is 5.88. The molecule has 0 radical (unpaired) electrons. The van der Waals surface area contributed by atoms with Crippen molar-refractivity contribution in [3.8, 4) is 0 Å². The van der Waals surface area contributed by atoms with Gasteiger partial charge in [0.15, 0.2) is 0 Å². The summed E-state index contributed by atoms with van der Waals surface area (Å²) in [7, 11) is 1.88. The first-order valence-corrected chi connectivity index (χ1v) is 7.06. The molecule has 0 amide bonds. The first kappa shape index (κ1) is 14.3. The molecule has 19 heavy (non-hydrogen) atoms. The van der Waals surface area contributed by atoms with Gasteiger partial charge in [-0.3, -0.25) is 4.90 Å². The van der Waals surface area contributed by atoms with Gasteiger partial charge >= 0.3 is 0 Å². The van der Waals surface area contributed by atoms with Crippen LogP contribution < -0.4 is 5.32 Å². The second-order valence-electron chi connectivity index (χ2n) is 6.01. The summed E-state index contributed by atoms with van der Waals surface area (Å²) in [6.45, 7) is 6.92. The van der Waals surface area contributed by atoms with Crippen LogP contribution in [0.1, 0.15) is 32.3 Å². The quantitative estimate of drug-likeness (QED) is 0.873. The Morgan fingerprint density at radius 3 is 2.53 bits per heavy atom. The summed E-state index contributed by atoms with van der Waals surface area (Å²) in [5.41, 5.74) is 0.711. The van der Waals surface area contributed by atoms with E-state index in [1.807, 2.05) is 33.2 Å². The number of nitrogens with one attached hydrogen (secondary N) is 1. The van der Waals surface area contributed by atoms with Crippen molar-refractivity contribution in [1.82, 2.24) is 9.88 Å². The summed E-state index contributed by atoms with van der Waals surface area (Å²) >= 11 is 0. The van der Waals surface area contributed by atoms with Gasteiger partial charge in [-0.25, -0.2) is 4.98 Å². The molecule has 0 bridgehead atoms. The predicted molar refractivity (Wildman–Crippen MR) is 78.1 cm³/mol. The maximum absolute atomic E-state index is 10.0. The summed E-state index contributed by atoms with van der Waals surface area (Å²) in [5.74, 6) is 1.33. The van der Waals surface area contributed by atoms with Crippen LogP contribution in [-0.4, -0.2) is 40.7 Å². The standard InChI is InChI=1S/C15H25N3O/c1-15(2,19)13-6-8-18(9-7-13)11-12-4-5-14(16-3)17-10-12/h4-5,10,13,19H,6-9,11H2,1-3H3,(H,16,17). The van der Waals surface area contributed by atoms with Gasteiger partial charge in [0.25, 0.3) is 0 Å². The monoisotopic (exact) mass is 263 g/mol. The topological polar surface area (TPSA) is 48.4 Å². The number of aromatic nitrogens is 1. The molecule has 1 aromatic rings. The molecule has 1 fully saturated rings. The highest BCUT2D eigenvalue weighted by atomic mass is 16.3. The molecular formula is C15H25N3O. The van der Waals surface area contributed by atoms with E-state index >= 15 is 0 Å². The number of piperidine rings is 1. The number of pyridine rings is 1. The second-order valence-corrected chi connectivity index (χ2v) is 6.01. The van der Waals surface area contributed by atoms with Crippen molar-refractivity contribution in [2.45, 2.75) is 38.8 Å². The summed E-state index contributed by atoms with van der Waals surface area (Å²) in [6.07, 6.45) is 4.09. The van der Waals surface area contributed by atoms with Crippen LogP contribution >= 0.6 is 0 Å². The Hall–Kier alpha value is -1.13. The molecule has 2 N–H and O–H groups in total. The Kier molecular flexibility index (Phi) is 4.42. The average molecular weight is 263 g/mol. The van der Waals surface area contributed by atoms with Crippen LogP contribution in [0.5, 0.6) is 0 Å². The zero-order valence-electron chi connectivity index (χ0n) is 12.2. The van der Waals surface area contributed by atoms with E-state index in [1.54, 1.807) is 0 Å². The molecule has 1 aliphatic rings. The van der Waals surface area contributed by atoms with Crippen molar-refractivity contribution in [2.75, 3.05) is 25.5 Å². The van der Waals surface area contributed by atoms with E-state index < -0.39 is 5.60 Å². The molecule has 0 saturated carbocycles. The van der Waals surface area contributed by atoms with Gasteiger partial charge in [-0.05, 0) is 57.3 Å². The molecule has 2 rings (SSSR count). The van der Waals surface area contributed by atoms with E-state index in [0.29, 0.717) is 5.92 Å². The minimum Gasteiger partial charge on any atom is -0.390 e. The van der Waals surface area contributed by atoms with Gasteiger partial charge < -0.3 is 10.4 Å². The third-order valence-electron chi connectivity index (χ3n) is 4.07. The predicted octanol–water partition coefficient (Wildman–Crippen LogP) is 2.11. The van der Waals surface area contributed by atoms with Gasteiger partial charge in [-0.2, -0.15) is 0 Å². The lowest BCUT2D eigenvalue weighted by Crippen LogP contribution is -2.41. The molecule has 4 heteroatoms. The van der Waals surface area contributed by atoms with Crippen molar-refractivity contribution in [1.29, 1.82) is 0 Å². The van der Waals surface area contributed by atoms with Crippen LogP contribution in [0.3, 0.4) is 0 Å². The van der Waals surface area contributed by atoms with E-state index in [1.165, 1.54) is 5.56 Å². The Labute approximate surface area is 115 Å². The van der Waals surface area contributed by atoms with E-state index in [4.69, 9.17) is 0 Å². The van der Waals surface area contributed by atoms with Crippen LogP contribution in [0.15, 0.2) is 18.3 Å². The first-order valence-electron chi connectivity index (χ1n) is 7.06. The van der Waals surface area contributed by atoms with Crippen LogP contribution in [0.25, 0.3) is 0 Å². The zero-order chi connectivity index (χ0) is 13.9. The summed E-state index contributed by atoms with van der Waals surface area (Å²) in [4.78, 5) is 6.78. The lowest BCUT2D eigenvalue weighted by Gasteiger charge is -2.37. The Morgan fingerprint density at radius 2 is 2.05 bits per heavy atom. The Balaban J connectivity index is 1.85. The number of hydrogen-bond donors (Lipinski definition) is 2. The SMILES string of the molecule is CNc1ccc(CN2CCC(C(C)(C)O)CC2)cn1. The lowest BCUT2D eigenvalue weighted by atomic mass is 9.83. The van der Waals surface area contributed by atoms with Gasteiger partial charge in [0.2, 0.25) is 0 Å². The van der Waals surface area contributed by atoms with Gasteiger partial charge in [-0.15, -0.1) is 0 Å². The number of nitrogens with zero attached hydrogens (tertiary/aromatic N) is 2. The van der Waals surface area contributed by atoms with Crippen LogP contribution in [0.4, 0.5) is 5.82 Å². The van der Waals surface area contributed by atoms with Gasteiger partial charge in [-0.1, -0.05) is 6.07 Å². The van der Waals surface area contributed by atoms with Gasteiger partial charge in [0, 0.05) is 19.8 Å². The normalized spacial score (nSPS) is 18.5. The highest BCUT2D eigenvalue weighted by molar-refractivity contribution is 5.34. The molecule has 1 aromatic heterocycles. The number of aliphatic hydroxyl groups is 1. The number of rotatable bonds is 4. The highest BCUT2D eigenvalue weighted by Crippen LogP contribution is 2.28. The average Bonchev–Trinajstić information content (AvgIpc) is 2.39. The molecule has 0 unspecified atom stereocenters. The fourth-order valence-corrected chi connectivity index (χ4v) is 2.72. The van der Waals surface area contributed by atoms with E-state index in [2.05, 4.69) is 21.3 Å². The molecule has 106 valence electrons. The minimum absolute atomic E-state index is 0.425. The van der Waals surface area contributed by atoms with E-state index in [-0.39, 0.29) is 0 Å². The molecule has 0 spiro atoms. The molecule has 0 aromatic carbocycles. The minimum atomic E-state index is -0.540. The van der Waals surface area contributed by atoms with Crippen LogP contribution in [-0.2, 0) is 6.54 Å². The Morgan fingerprint density at radius 1 is 1.37 bits per heavy atom. The molecule has 0 aliphatic carbocycles. The summed E-state index contributed by atoms with van der Waals surface area (Å²) in [6, 6.07) is 4.14. The summed E-state index contributed by atoms with van der Waals surface area (Å²) < 4.78 is 0. The fourth-order valence-electron chi connectivity index (χ4n) is 2.72. The summed E-state index contributed by atoms with van der Waals surface area (Å²) in [5, 5.41) is 13.1. The van der Waals surface area contributed by atoms with E-state index in [0.717, 1.165) is 38.3 Å². The molecule has 1 aliphatic heterocycles. The number of likely N-dealkylation sites (tertiary alicyclic amines) is 1. The van der Waals surface area contributed by atoms with Crippen molar-refractivity contribution in [3.05, 3.63) is 23.9 Å². The van der Waals surface area contributed by atoms with Crippen molar-refractivity contribution < 1.29 is 5.11 Å². The van der Waals surface area contributed by atoms with E-state index in [9.17, 15) is 5.11 Å². The van der Waals surface area contributed by atoms with Gasteiger partial charge in [0.05, 0.1) is 5.60 Å². The molecule has 1 saturated heterocycles. The fraction of sp³-hybridized carbons (Fsp3) is 0.667. The molecule has 2 heterocycles. The molecule has 0 atom stereocenters. The third kappa shape index (κ3) is 3.91. The van der Waals surface area contributed by atoms with Crippen molar-refractivity contribution >= 4 is 5.82 Å². The van der Waals surface area contributed by atoms with Gasteiger partial charge in [0.1, 0.15) is 5.82 Å². The highest BCUT2D eigenvalue weighted by Gasteiger charge is 2.30. The van der Waals surface area contributed by atoms with Crippen LogP contribution in [0.2, 0.25) is 0 Å². The largest absolute Gasteiger partial charge is 0.390 e. The Bertz CT molecular complexity index is 389. The maximum atomic E-state index is 10.0. The lowest BCUT2D eigenvalue weighted by molar-refractivity contribution is -0.0136. The van der Waals surface area contributed by atoms with Crippen molar-refractivity contribution in [2.24, 2.45) is 5.92 Å². The molecule has 4 nitrogen and oxygen atoms in total. The first-order chi connectivity index (χ1) is 8.99. The number of anilines is 1. The maximum Gasteiger partial charge on any atom is 0.125 e. The van der Waals surface area contributed by atoms with Crippen molar-refractivity contribution in [3.63, 3.8) is 0 Å². The molecular weight excluding hydrogens is 238 g/mol.